The summed E-state index contributed by atoms with van der Waals surface area (Å²) in [6, 6.07) is 5.48. The summed E-state index contributed by atoms with van der Waals surface area (Å²) in [6.07, 6.45) is 5.19. The molecule has 0 unspecified atom stereocenters. The maximum Gasteiger partial charge on any atom is 0.243 e. The standard InChI is InChI=1S/C18H24FN3O2S2/c19-15-3-5-16(6-4-15)26(23,24)22-9-7-21(8-10-22)18(25)20-17-12-13-1-2-14(17)11-13/h3-6,13-14,17H,1-2,7-12H2,(H,20,25)/t13-,14-,17+/m1/s1. The number of hydrogen-bond donors (Lipinski definition) is 1. The molecule has 1 saturated heterocycles. The number of rotatable bonds is 3. The van der Waals surface area contributed by atoms with Gasteiger partial charge < -0.3 is 10.2 Å². The van der Waals surface area contributed by atoms with Crippen LogP contribution in [0.5, 0.6) is 0 Å². The topological polar surface area (TPSA) is 52.7 Å². The SMILES string of the molecule is O=S(=O)(c1ccc(F)cc1)N1CCN(C(=S)N[C@H]2C[C@@H]3CC[C@@H]2C3)CC1. The third-order valence-corrected chi connectivity index (χ3v) is 8.31. The number of sulfonamides is 1. The van der Waals surface area contributed by atoms with Crippen LogP contribution in [-0.4, -0.2) is 55.0 Å². The summed E-state index contributed by atoms with van der Waals surface area (Å²) < 4.78 is 39.9. The Balaban J connectivity index is 1.33. The van der Waals surface area contributed by atoms with Crippen LogP contribution in [0.4, 0.5) is 4.39 Å². The average Bonchev–Trinajstić information content (AvgIpc) is 3.25. The number of piperazine rings is 1. The Kier molecular flexibility index (Phi) is 4.92. The number of fused-ring (bicyclic) bond motifs is 2. The van der Waals surface area contributed by atoms with E-state index in [1.54, 1.807) is 0 Å². The molecule has 4 rings (SSSR count). The molecule has 142 valence electrons. The lowest BCUT2D eigenvalue weighted by atomic mass is 9.95. The van der Waals surface area contributed by atoms with Gasteiger partial charge in [0.05, 0.1) is 4.90 Å². The van der Waals surface area contributed by atoms with E-state index in [1.165, 1.54) is 54.3 Å². The van der Waals surface area contributed by atoms with E-state index < -0.39 is 15.8 Å². The van der Waals surface area contributed by atoms with Crippen molar-refractivity contribution in [3.05, 3.63) is 30.1 Å². The molecular weight excluding hydrogens is 373 g/mol. The van der Waals surface area contributed by atoms with E-state index in [4.69, 9.17) is 12.2 Å². The zero-order valence-electron chi connectivity index (χ0n) is 14.6. The van der Waals surface area contributed by atoms with Gasteiger partial charge in [0.2, 0.25) is 10.0 Å². The van der Waals surface area contributed by atoms with Gasteiger partial charge in [-0.15, -0.1) is 0 Å². The van der Waals surface area contributed by atoms with E-state index in [0.717, 1.165) is 16.9 Å². The van der Waals surface area contributed by atoms with Crippen LogP contribution < -0.4 is 5.32 Å². The Hall–Kier alpha value is -1.25. The van der Waals surface area contributed by atoms with Gasteiger partial charge in [-0.1, -0.05) is 6.42 Å². The van der Waals surface area contributed by atoms with Gasteiger partial charge in [0, 0.05) is 32.2 Å². The van der Waals surface area contributed by atoms with Crippen molar-refractivity contribution in [3.8, 4) is 0 Å². The first-order valence-electron chi connectivity index (χ1n) is 9.24. The van der Waals surface area contributed by atoms with E-state index in [1.807, 2.05) is 0 Å². The highest BCUT2D eigenvalue weighted by Gasteiger charge is 2.40. The lowest BCUT2D eigenvalue weighted by Crippen LogP contribution is -2.54. The molecule has 1 heterocycles. The van der Waals surface area contributed by atoms with Crippen LogP contribution in [0.25, 0.3) is 0 Å². The Morgan fingerprint density at radius 3 is 2.35 bits per heavy atom. The monoisotopic (exact) mass is 397 g/mol. The highest BCUT2D eigenvalue weighted by molar-refractivity contribution is 7.89. The summed E-state index contributed by atoms with van der Waals surface area (Å²) in [5.74, 6) is 1.17. The highest BCUT2D eigenvalue weighted by atomic mass is 32.2. The lowest BCUT2D eigenvalue weighted by Gasteiger charge is -2.37. The molecular formula is C18H24FN3O2S2. The van der Waals surface area contributed by atoms with Gasteiger partial charge in [-0.3, -0.25) is 0 Å². The summed E-state index contributed by atoms with van der Waals surface area (Å²) in [5.41, 5.74) is 0. The summed E-state index contributed by atoms with van der Waals surface area (Å²) in [7, 11) is -3.58. The van der Waals surface area contributed by atoms with Crippen molar-refractivity contribution in [2.45, 2.75) is 36.6 Å². The number of hydrogen-bond acceptors (Lipinski definition) is 3. The minimum Gasteiger partial charge on any atom is -0.360 e. The largest absolute Gasteiger partial charge is 0.360 e. The van der Waals surface area contributed by atoms with Gasteiger partial charge in [0.15, 0.2) is 5.11 Å². The second-order valence-corrected chi connectivity index (χ2v) is 9.90. The van der Waals surface area contributed by atoms with Crippen LogP contribution in [0.3, 0.4) is 0 Å². The summed E-state index contributed by atoms with van der Waals surface area (Å²) in [4.78, 5) is 2.20. The van der Waals surface area contributed by atoms with Crippen LogP contribution in [0.1, 0.15) is 25.7 Å². The molecule has 3 fully saturated rings. The van der Waals surface area contributed by atoms with E-state index in [9.17, 15) is 12.8 Å². The van der Waals surface area contributed by atoms with E-state index in [-0.39, 0.29) is 4.90 Å². The summed E-state index contributed by atoms with van der Waals surface area (Å²) in [6.45, 7) is 1.93. The molecule has 1 aliphatic heterocycles. The molecule has 0 radical (unpaired) electrons. The molecule has 0 aromatic heterocycles. The van der Waals surface area contributed by atoms with Crippen molar-refractivity contribution in [2.75, 3.05) is 26.2 Å². The molecule has 1 aromatic carbocycles. The summed E-state index contributed by atoms with van der Waals surface area (Å²) >= 11 is 5.57. The molecule has 26 heavy (non-hydrogen) atoms. The number of nitrogens with zero attached hydrogens (tertiary/aromatic N) is 2. The molecule has 2 bridgehead atoms. The molecule has 2 aliphatic carbocycles. The van der Waals surface area contributed by atoms with Crippen molar-refractivity contribution in [2.24, 2.45) is 11.8 Å². The molecule has 5 nitrogen and oxygen atoms in total. The Labute approximate surface area is 159 Å². The van der Waals surface area contributed by atoms with Gasteiger partial charge in [0.1, 0.15) is 5.82 Å². The van der Waals surface area contributed by atoms with Gasteiger partial charge in [-0.25, -0.2) is 12.8 Å². The van der Waals surface area contributed by atoms with Crippen LogP contribution in [0.2, 0.25) is 0 Å². The zero-order valence-corrected chi connectivity index (χ0v) is 16.2. The molecule has 3 aliphatic rings. The quantitative estimate of drug-likeness (QED) is 0.793. The first-order valence-corrected chi connectivity index (χ1v) is 11.1. The summed E-state index contributed by atoms with van der Waals surface area (Å²) in [5, 5.41) is 4.27. The van der Waals surface area contributed by atoms with Crippen molar-refractivity contribution in [3.63, 3.8) is 0 Å². The van der Waals surface area contributed by atoms with Gasteiger partial charge in [-0.2, -0.15) is 4.31 Å². The van der Waals surface area contributed by atoms with Gasteiger partial charge in [-0.05, 0) is 67.6 Å². The van der Waals surface area contributed by atoms with Crippen LogP contribution in [0, 0.1) is 17.7 Å². The first kappa shape index (κ1) is 18.1. The number of thiocarbonyl (C=S) groups is 1. The van der Waals surface area contributed by atoms with Crippen LogP contribution in [-0.2, 0) is 10.0 Å². The maximum atomic E-state index is 13.0. The fraction of sp³-hybridized carbons (Fsp3) is 0.611. The molecule has 1 aromatic rings. The predicted octanol–water partition coefficient (Wildman–Crippen LogP) is 2.20. The Morgan fingerprint density at radius 1 is 1.08 bits per heavy atom. The maximum absolute atomic E-state index is 13.0. The van der Waals surface area contributed by atoms with Gasteiger partial charge in [0.25, 0.3) is 0 Å². The highest BCUT2D eigenvalue weighted by Crippen LogP contribution is 2.44. The van der Waals surface area contributed by atoms with E-state index in [0.29, 0.717) is 32.2 Å². The second-order valence-electron chi connectivity index (χ2n) is 7.58. The Bertz CT molecular complexity index is 776. The van der Waals surface area contributed by atoms with E-state index in [2.05, 4.69) is 10.2 Å². The third-order valence-electron chi connectivity index (χ3n) is 6.02. The number of nitrogens with one attached hydrogen (secondary N) is 1. The Morgan fingerprint density at radius 2 is 1.77 bits per heavy atom. The minimum absolute atomic E-state index is 0.134. The third kappa shape index (κ3) is 3.46. The zero-order chi connectivity index (χ0) is 18.3. The minimum atomic E-state index is -3.58. The van der Waals surface area contributed by atoms with Crippen molar-refractivity contribution in [1.29, 1.82) is 0 Å². The number of benzene rings is 1. The van der Waals surface area contributed by atoms with E-state index >= 15 is 0 Å². The van der Waals surface area contributed by atoms with Crippen LogP contribution >= 0.6 is 12.2 Å². The molecule has 0 amide bonds. The fourth-order valence-corrected chi connectivity index (χ4v) is 6.31. The molecule has 8 heteroatoms. The molecule has 3 atom stereocenters. The predicted molar refractivity (Wildman–Crippen MR) is 102 cm³/mol. The normalized spacial score (nSPS) is 29.1. The van der Waals surface area contributed by atoms with Crippen molar-refractivity contribution >= 4 is 27.4 Å². The second kappa shape index (κ2) is 7.05. The van der Waals surface area contributed by atoms with Gasteiger partial charge >= 0.3 is 0 Å². The smallest absolute Gasteiger partial charge is 0.243 e. The lowest BCUT2D eigenvalue weighted by molar-refractivity contribution is 0.258. The molecule has 1 N–H and O–H groups in total. The van der Waals surface area contributed by atoms with Crippen molar-refractivity contribution in [1.82, 2.24) is 14.5 Å². The molecule has 2 saturated carbocycles. The average molecular weight is 398 g/mol. The molecule has 0 spiro atoms. The number of halogens is 1. The van der Waals surface area contributed by atoms with Crippen LogP contribution in [0.15, 0.2) is 29.2 Å². The first-order chi connectivity index (χ1) is 12.4. The van der Waals surface area contributed by atoms with Crippen molar-refractivity contribution < 1.29 is 12.8 Å². The fourth-order valence-electron chi connectivity index (χ4n) is 4.56.